The molecule has 1 aliphatic heterocycles. The van der Waals surface area contributed by atoms with Gasteiger partial charge in [-0.3, -0.25) is 0 Å². The molecule has 0 spiro atoms. The van der Waals surface area contributed by atoms with Crippen molar-refractivity contribution in [3.05, 3.63) is 0 Å². The van der Waals surface area contributed by atoms with E-state index in [4.69, 9.17) is 4.74 Å². The third kappa shape index (κ3) is 2.43. The second-order valence-electron chi connectivity index (χ2n) is 5.31. The van der Waals surface area contributed by atoms with Crippen LogP contribution in [0.15, 0.2) is 0 Å². The van der Waals surface area contributed by atoms with Crippen molar-refractivity contribution in [2.75, 3.05) is 20.3 Å². The molecule has 1 saturated carbocycles. The van der Waals surface area contributed by atoms with Gasteiger partial charge in [-0.1, -0.05) is 0 Å². The molecule has 0 aromatic heterocycles. The average Bonchev–Trinajstić information content (AvgIpc) is 3.07. The van der Waals surface area contributed by atoms with Gasteiger partial charge in [0.2, 0.25) is 0 Å². The maximum atomic E-state index is 12.1. The van der Waals surface area contributed by atoms with Gasteiger partial charge in [0.15, 0.2) is 5.54 Å². The number of hydrogen-bond acceptors (Lipinski definition) is 3. The number of amides is 2. The number of carbonyl (C=O) groups is 2. The van der Waals surface area contributed by atoms with Crippen molar-refractivity contribution in [2.24, 2.45) is 5.92 Å². The van der Waals surface area contributed by atoms with E-state index in [0.717, 1.165) is 12.8 Å². The predicted octanol–water partition coefficient (Wildman–Crippen LogP) is 0.670. The lowest BCUT2D eigenvalue weighted by atomic mass is 9.99. The van der Waals surface area contributed by atoms with E-state index in [1.807, 2.05) is 6.92 Å². The van der Waals surface area contributed by atoms with Crippen LogP contribution < -0.4 is 5.32 Å². The van der Waals surface area contributed by atoms with E-state index in [2.05, 4.69) is 5.32 Å². The minimum atomic E-state index is -1.26. The fourth-order valence-electron chi connectivity index (χ4n) is 2.26. The molecule has 102 valence electrons. The summed E-state index contributed by atoms with van der Waals surface area (Å²) >= 11 is 0. The highest BCUT2D eigenvalue weighted by atomic mass is 16.5. The van der Waals surface area contributed by atoms with Crippen LogP contribution in [0.25, 0.3) is 0 Å². The molecule has 2 N–H and O–H groups in total. The molecule has 0 radical (unpaired) electrons. The molecule has 2 aliphatic rings. The van der Waals surface area contributed by atoms with E-state index in [9.17, 15) is 14.7 Å². The van der Waals surface area contributed by atoms with Gasteiger partial charge in [0.25, 0.3) is 0 Å². The first-order chi connectivity index (χ1) is 8.46. The number of carboxylic acids is 1. The Morgan fingerprint density at radius 2 is 2.17 bits per heavy atom. The maximum Gasteiger partial charge on any atom is 0.332 e. The van der Waals surface area contributed by atoms with Gasteiger partial charge in [-0.2, -0.15) is 0 Å². The van der Waals surface area contributed by atoms with E-state index in [1.54, 1.807) is 11.9 Å². The lowest BCUT2D eigenvalue weighted by Gasteiger charge is -2.30. The Kier molecular flexibility index (Phi) is 3.47. The van der Waals surface area contributed by atoms with Crippen molar-refractivity contribution in [1.82, 2.24) is 10.2 Å². The number of rotatable bonds is 4. The minimum Gasteiger partial charge on any atom is -0.479 e. The summed E-state index contributed by atoms with van der Waals surface area (Å²) in [7, 11) is 1.71. The van der Waals surface area contributed by atoms with E-state index in [1.165, 1.54) is 0 Å². The van der Waals surface area contributed by atoms with Crippen molar-refractivity contribution in [1.29, 1.82) is 0 Å². The highest BCUT2D eigenvalue weighted by Crippen LogP contribution is 2.34. The number of aliphatic carboxylic acids is 1. The third-order valence-electron chi connectivity index (χ3n) is 4.01. The van der Waals surface area contributed by atoms with Crippen LogP contribution in [0.2, 0.25) is 0 Å². The summed E-state index contributed by atoms with van der Waals surface area (Å²) < 4.78 is 5.11. The Balaban J connectivity index is 1.98. The summed E-state index contributed by atoms with van der Waals surface area (Å²) in [6.07, 6.45) is 2.61. The highest BCUT2D eigenvalue weighted by molar-refractivity contribution is 5.86. The molecular formula is C12H20N2O4. The summed E-state index contributed by atoms with van der Waals surface area (Å²) in [6.45, 7) is 2.41. The summed E-state index contributed by atoms with van der Waals surface area (Å²) in [4.78, 5) is 25.0. The standard InChI is InChI=1S/C12H20N2O4/c1-8(9-3-4-9)14(2)11(17)13-12(10(15)16)5-6-18-7-12/h8-9H,3-7H2,1-2H3,(H,13,17)(H,15,16). The lowest BCUT2D eigenvalue weighted by molar-refractivity contribution is -0.144. The van der Waals surface area contributed by atoms with Crippen molar-refractivity contribution >= 4 is 12.0 Å². The topological polar surface area (TPSA) is 78.9 Å². The van der Waals surface area contributed by atoms with Crippen molar-refractivity contribution in [3.63, 3.8) is 0 Å². The van der Waals surface area contributed by atoms with Crippen LogP contribution in [0.4, 0.5) is 4.79 Å². The second kappa shape index (κ2) is 4.76. The Morgan fingerprint density at radius 1 is 1.50 bits per heavy atom. The quantitative estimate of drug-likeness (QED) is 0.775. The van der Waals surface area contributed by atoms with E-state index in [0.29, 0.717) is 18.9 Å². The van der Waals surface area contributed by atoms with Gasteiger partial charge in [-0.15, -0.1) is 0 Å². The number of carboxylic acid groups (broad SMARTS) is 1. The van der Waals surface area contributed by atoms with E-state index >= 15 is 0 Å². The zero-order chi connectivity index (χ0) is 13.3. The van der Waals surface area contributed by atoms with Crippen molar-refractivity contribution < 1.29 is 19.4 Å². The van der Waals surface area contributed by atoms with Crippen LogP contribution in [-0.2, 0) is 9.53 Å². The number of urea groups is 1. The molecule has 2 fully saturated rings. The molecule has 6 heteroatoms. The van der Waals surface area contributed by atoms with Gasteiger partial charge >= 0.3 is 12.0 Å². The zero-order valence-corrected chi connectivity index (χ0v) is 10.8. The molecule has 2 atom stereocenters. The van der Waals surface area contributed by atoms with E-state index in [-0.39, 0.29) is 18.7 Å². The number of nitrogens with one attached hydrogen (secondary N) is 1. The highest BCUT2D eigenvalue weighted by Gasteiger charge is 2.45. The Labute approximate surface area is 106 Å². The molecule has 18 heavy (non-hydrogen) atoms. The van der Waals surface area contributed by atoms with Gasteiger partial charge < -0.3 is 20.1 Å². The lowest BCUT2D eigenvalue weighted by Crippen LogP contribution is -2.59. The van der Waals surface area contributed by atoms with Gasteiger partial charge in [-0.05, 0) is 25.7 Å². The molecule has 0 bridgehead atoms. The summed E-state index contributed by atoms with van der Waals surface area (Å²) in [5.41, 5.74) is -1.26. The summed E-state index contributed by atoms with van der Waals surface area (Å²) in [5, 5.41) is 11.9. The molecule has 1 saturated heterocycles. The van der Waals surface area contributed by atoms with Crippen molar-refractivity contribution in [2.45, 2.75) is 37.8 Å². The Bertz CT molecular complexity index is 348. The molecule has 0 aromatic rings. The largest absolute Gasteiger partial charge is 0.479 e. The smallest absolute Gasteiger partial charge is 0.332 e. The zero-order valence-electron chi connectivity index (χ0n) is 10.8. The van der Waals surface area contributed by atoms with Crippen LogP contribution in [0.5, 0.6) is 0 Å². The Morgan fingerprint density at radius 3 is 2.61 bits per heavy atom. The first kappa shape index (κ1) is 13.1. The molecule has 2 amide bonds. The monoisotopic (exact) mass is 256 g/mol. The van der Waals surface area contributed by atoms with Gasteiger partial charge in [-0.25, -0.2) is 9.59 Å². The first-order valence-electron chi connectivity index (χ1n) is 6.32. The molecular weight excluding hydrogens is 236 g/mol. The molecule has 1 aliphatic carbocycles. The average molecular weight is 256 g/mol. The van der Waals surface area contributed by atoms with Crippen LogP contribution in [0.3, 0.4) is 0 Å². The molecule has 6 nitrogen and oxygen atoms in total. The van der Waals surface area contributed by atoms with Crippen LogP contribution in [-0.4, -0.2) is 53.8 Å². The molecule has 2 unspecified atom stereocenters. The van der Waals surface area contributed by atoms with Crippen LogP contribution in [0.1, 0.15) is 26.2 Å². The van der Waals surface area contributed by atoms with Gasteiger partial charge in [0.1, 0.15) is 0 Å². The fourth-order valence-corrected chi connectivity index (χ4v) is 2.26. The first-order valence-corrected chi connectivity index (χ1v) is 6.32. The predicted molar refractivity (Wildman–Crippen MR) is 64.3 cm³/mol. The summed E-state index contributed by atoms with van der Waals surface area (Å²) in [6, 6.07) is -0.180. The van der Waals surface area contributed by atoms with E-state index < -0.39 is 11.5 Å². The van der Waals surface area contributed by atoms with Crippen LogP contribution >= 0.6 is 0 Å². The Hall–Kier alpha value is -1.30. The number of hydrogen-bond donors (Lipinski definition) is 2. The number of ether oxygens (including phenoxy) is 1. The summed E-state index contributed by atoms with van der Waals surface area (Å²) in [5.74, 6) is -0.470. The fraction of sp³-hybridized carbons (Fsp3) is 0.833. The maximum absolute atomic E-state index is 12.1. The van der Waals surface area contributed by atoms with Crippen molar-refractivity contribution in [3.8, 4) is 0 Å². The van der Waals surface area contributed by atoms with Crippen LogP contribution in [0, 0.1) is 5.92 Å². The number of nitrogens with zero attached hydrogens (tertiary/aromatic N) is 1. The minimum absolute atomic E-state index is 0.0414. The SMILES string of the molecule is CC(C1CC1)N(C)C(=O)NC1(C(=O)O)CCOC1. The number of carbonyl (C=O) groups excluding carboxylic acids is 1. The normalized spacial score (nSPS) is 28.8. The second-order valence-corrected chi connectivity index (χ2v) is 5.31. The molecule has 2 rings (SSSR count). The molecule has 1 heterocycles. The van der Waals surface area contributed by atoms with Gasteiger partial charge in [0.05, 0.1) is 6.61 Å². The molecule has 0 aromatic carbocycles. The van der Waals surface area contributed by atoms with Gasteiger partial charge in [0, 0.05) is 26.1 Å². The third-order valence-corrected chi connectivity index (χ3v) is 4.01.